The third-order valence-corrected chi connectivity index (χ3v) is 1.98. The summed E-state index contributed by atoms with van der Waals surface area (Å²) in [6, 6.07) is 3.82. The topological polar surface area (TPSA) is 57.0 Å². The van der Waals surface area contributed by atoms with Crippen molar-refractivity contribution in [2.75, 3.05) is 6.54 Å². The lowest BCUT2D eigenvalue weighted by Crippen LogP contribution is -2.18. The first-order chi connectivity index (χ1) is 6.42. The van der Waals surface area contributed by atoms with E-state index >= 15 is 0 Å². The number of furan rings is 1. The predicted molar refractivity (Wildman–Crippen MR) is 48.1 cm³/mol. The van der Waals surface area contributed by atoms with E-state index in [0.717, 1.165) is 5.76 Å². The maximum absolute atomic E-state index is 5.65. The van der Waals surface area contributed by atoms with Crippen LogP contribution in [0.3, 0.4) is 0 Å². The Kier molecular flexibility index (Phi) is 2.14. The summed E-state index contributed by atoms with van der Waals surface area (Å²) >= 11 is 0. The Morgan fingerprint density at radius 1 is 1.62 bits per heavy atom. The van der Waals surface area contributed by atoms with Crippen LogP contribution in [-0.4, -0.2) is 16.1 Å². The second-order valence-corrected chi connectivity index (χ2v) is 2.78. The standard InChI is InChI=1S/C9H11N3O/c10-6-8(9-2-1-5-13-9)12-4-3-11-7-12/h1-5,7-8H,6,10H2. The van der Waals surface area contributed by atoms with Crippen molar-refractivity contribution < 1.29 is 4.42 Å². The highest BCUT2D eigenvalue weighted by Gasteiger charge is 2.12. The normalized spacial score (nSPS) is 13.0. The number of nitrogens with zero attached hydrogens (tertiary/aromatic N) is 2. The van der Waals surface area contributed by atoms with Gasteiger partial charge in [-0.1, -0.05) is 0 Å². The van der Waals surface area contributed by atoms with Crippen molar-refractivity contribution in [1.29, 1.82) is 0 Å². The SMILES string of the molecule is NCC(c1ccco1)n1ccnc1. The van der Waals surface area contributed by atoms with E-state index in [2.05, 4.69) is 4.98 Å². The summed E-state index contributed by atoms with van der Waals surface area (Å²) in [6.07, 6.45) is 6.99. The number of aromatic nitrogens is 2. The number of rotatable bonds is 3. The van der Waals surface area contributed by atoms with Crippen molar-refractivity contribution in [3.05, 3.63) is 42.9 Å². The van der Waals surface area contributed by atoms with Crippen LogP contribution in [0.15, 0.2) is 41.5 Å². The molecule has 0 saturated carbocycles. The smallest absolute Gasteiger partial charge is 0.127 e. The Balaban J connectivity index is 2.29. The molecule has 1 unspecified atom stereocenters. The van der Waals surface area contributed by atoms with E-state index < -0.39 is 0 Å². The molecule has 0 aliphatic heterocycles. The lowest BCUT2D eigenvalue weighted by atomic mass is 10.2. The minimum atomic E-state index is 0.0532. The van der Waals surface area contributed by atoms with Gasteiger partial charge in [-0.25, -0.2) is 4.98 Å². The van der Waals surface area contributed by atoms with Crippen LogP contribution in [0.1, 0.15) is 11.8 Å². The third-order valence-electron chi connectivity index (χ3n) is 1.98. The van der Waals surface area contributed by atoms with E-state index in [-0.39, 0.29) is 6.04 Å². The minimum Gasteiger partial charge on any atom is -0.467 e. The van der Waals surface area contributed by atoms with Crippen molar-refractivity contribution in [3.63, 3.8) is 0 Å². The van der Waals surface area contributed by atoms with Crippen LogP contribution in [0.2, 0.25) is 0 Å². The lowest BCUT2D eigenvalue weighted by molar-refractivity contribution is 0.432. The second-order valence-electron chi connectivity index (χ2n) is 2.78. The summed E-state index contributed by atoms with van der Waals surface area (Å²) in [5.74, 6) is 0.862. The van der Waals surface area contributed by atoms with E-state index in [4.69, 9.17) is 10.2 Å². The average Bonchev–Trinajstić information content (AvgIpc) is 2.76. The van der Waals surface area contributed by atoms with Gasteiger partial charge in [-0.05, 0) is 12.1 Å². The van der Waals surface area contributed by atoms with Gasteiger partial charge in [0.25, 0.3) is 0 Å². The van der Waals surface area contributed by atoms with E-state index in [1.165, 1.54) is 0 Å². The molecule has 1 atom stereocenters. The van der Waals surface area contributed by atoms with Crippen LogP contribution >= 0.6 is 0 Å². The molecule has 0 spiro atoms. The number of hydrogen-bond acceptors (Lipinski definition) is 3. The van der Waals surface area contributed by atoms with Crippen LogP contribution in [0, 0.1) is 0 Å². The fourth-order valence-electron chi connectivity index (χ4n) is 1.32. The molecule has 0 saturated heterocycles. The molecular weight excluding hydrogens is 166 g/mol. The highest BCUT2D eigenvalue weighted by Crippen LogP contribution is 2.16. The lowest BCUT2D eigenvalue weighted by Gasteiger charge is -2.12. The van der Waals surface area contributed by atoms with Crippen LogP contribution in [0.25, 0.3) is 0 Å². The zero-order valence-corrected chi connectivity index (χ0v) is 7.13. The van der Waals surface area contributed by atoms with Crippen LogP contribution < -0.4 is 5.73 Å². The highest BCUT2D eigenvalue weighted by atomic mass is 16.3. The van der Waals surface area contributed by atoms with Gasteiger partial charge in [-0.15, -0.1) is 0 Å². The van der Waals surface area contributed by atoms with Crippen LogP contribution in [0.4, 0.5) is 0 Å². The van der Waals surface area contributed by atoms with E-state index in [1.807, 2.05) is 22.9 Å². The molecule has 13 heavy (non-hydrogen) atoms. The first kappa shape index (κ1) is 8.07. The summed E-state index contributed by atoms with van der Waals surface area (Å²) in [4.78, 5) is 3.97. The Hall–Kier alpha value is -1.55. The Morgan fingerprint density at radius 3 is 3.08 bits per heavy atom. The van der Waals surface area contributed by atoms with E-state index in [1.54, 1.807) is 18.8 Å². The fourth-order valence-corrected chi connectivity index (χ4v) is 1.32. The predicted octanol–water partition coefficient (Wildman–Crippen LogP) is 1.02. The summed E-state index contributed by atoms with van der Waals surface area (Å²) < 4.78 is 7.21. The van der Waals surface area contributed by atoms with Gasteiger partial charge in [0.05, 0.1) is 12.6 Å². The molecule has 4 heteroatoms. The Bertz CT molecular complexity index is 305. The van der Waals surface area contributed by atoms with E-state index in [0.29, 0.717) is 6.54 Å². The molecule has 4 nitrogen and oxygen atoms in total. The Morgan fingerprint density at radius 2 is 2.54 bits per heavy atom. The largest absolute Gasteiger partial charge is 0.467 e. The summed E-state index contributed by atoms with van der Waals surface area (Å²) in [5.41, 5.74) is 5.65. The fraction of sp³-hybridized carbons (Fsp3) is 0.222. The van der Waals surface area contributed by atoms with Gasteiger partial charge in [0.15, 0.2) is 0 Å². The molecule has 68 valence electrons. The maximum atomic E-state index is 5.65. The van der Waals surface area contributed by atoms with Gasteiger partial charge in [-0.2, -0.15) is 0 Å². The monoisotopic (exact) mass is 177 g/mol. The highest BCUT2D eigenvalue weighted by molar-refractivity contribution is 5.07. The van der Waals surface area contributed by atoms with Gasteiger partial charge in [0, 0.05) is 18.9 Å². The van der Waals surface area contributed by atoms with Crippen LogP contribution in [0.5, 0.6) is 0 Å². The molecule has 0 aliphatic rings. The van der Waals surface area contributed by atoms with Gasteiger partial charge in [-0.3, -0.25) is 0 Å². The van der Waals surface area contributed by atoms with Crippen molar-refractivity contribution in [2.45, 2.75) is 6.04 Å². The molecule has 2 heterocycles. The number of imidazole rings is 1. The van der Waals surface area contributed by atoms with Crippen molar-refractivity contribution >= 4 is 0 Å². The molecular formula is C9H11N3O. The first-order valence-electron chi connectivity index (χ1n) is 4.12. The van der Waals surface area contributed by atoms with Gasteiger partial charge in [0.1, 0.15) is 11.8 Å². The molecule has 0 amide bonds. The second kappa shape index (κ2) is 3.45. The summed E-state index contributed by atoms with van der Waals surface area (Å²) in [5, 5.41) is 0. The molecule has 0 aliphatic carbocycles. The molecule has 2 N–H and O–H groups in total. The van der Waals surface area contributed by atoms with Gasteiger partial charge in [0.2, 0.25) is 0 Å². The number of nitrogens with two attached hydrogens (primary N) is 1. The molecule has 0 fully saturated rings. The molecule has 0 radical (unpaired) electrons. The zero-order chi connectivity index (χ0) is 9.10. The number of hydrogen-bond donors (Lipinski definition) is 1. The average molecular weight is 177 g/mol. The molecule has 2 aromatic rings. The molecule has 0 aromatic carbocycles. The quantitative estimate of drug-likeness (QED) is 0.761. The molecule has 0 bridgehead atoms. The van der Waals surface area contributed by atoms with Gasteiger partial charge < -0.3 is 14.7 Å². The maximum Gasteiger partial charge on any atom is 0.127 e. The van der Waals surface area contributed by atoms with Gasteiger partial charge >= 0.3 is 0 Å². The third kappa shape index (κ3) is 1.48. The molecule has 2 aromatic heterocycles. The van der Waals surface area contributed by atoms with Crippen molar-refractivity contribution in [3.8, 4) is 0 Å². The first-order valence-corrected chi connectivity index (χ1v) is 4.12. The van der Waals surface area contributed by atoms with Crippen molar-refractivity contribution in [2.24, 2.45) is 5.73 Å². The molecule has 2 rings (SSSR count). The van der Waals surface area contributed by atoms with E-state index in [9.17, 15) is 0 Å². The Labute approximate surface area is 76.0 Å². The summed E-state index contributed by atoms with van der Waals surface area (Å²) in [6.45, 7) is 0.504. The van der Waals surface area contributed by atoms with Crippen molar-refractivity contribution in [1.82, 2.24) is 9.55 Å². The zero-order valence-electron chi connectivity index (χ0n) is 7.13. The van der Waals surface area contributed by atoms with Crippen LogP contribution in [-0.2, 0) is 0 Å². The summed E-state index contributed by atoms with van der Waals surface area (Å²) in [7, 11) is 0. The minimum absolute atomic E-state index is 0.0532.